The number of aryl methyl sites for hydroxylation is 1. The second-order valence-electron chi connectivity index (χ2n) is 4.97. The molecule has 2 heterocycles. The van der Waals surface area contributed by atoms with Crippen molar-refractivity contribution < 1.29 is 4.92 Å². The molecule has 102 valence electrons. The third-order valence-electron chi connectivity index (χ3n) is 3.60. The van der Waals surface area contributed by atoms with Crippen LogP contribution in [0, 0.1) is 17.0 Å². The average Bonchev–Trinajstić information content (AvgIpc) is 2.47. The van der Waals surface area contributed by atoms with Gasteiger partial charge in [0.15, 0.2) is 0 Å². The zero-order valence-electron chi connectivity index (χ0n) is 11.2. The van der Waals surface area contributed by atoms with Crippen molar-refractivity contribution in [3.63, 3.8) is 0 Å². The molecule has 5 nitrogen and oxygen atoms in total. The molecule has 0 spiro atoms. The molecule has 0 fully saturated rings. The van der Waals surface area contributed by atoms with Crippen molar-refractivity contribution in [2.45, 2.75) is 13.3 Å². The minimum absolute atomic E-state index is 0.108. The summed E-state index contributed by atoms with van der Waals surface area (Å²) in [5.74, 6) is 0. The predicted octanol–water partition coefficient (Wildman–Crippen LogP) is 2.83. The van der Waals surface area contributed by atoms with Gasteiger partial charge < -0.3 is 5.32 Å². The number of pyridine rings is 1. The van der Waals surface area contributed by atoms with Crippen LogP contribution in [0.4, 0.5) is 5.69 Å². The Morgan fingerprint density at radius 3 is 2.90 bits per heavy atom. The Morgan fingerprint density at radius 2 is 2.20 bits per heavy atom. The number of non-ortho nitro benzene ring substituents is 1. The van der Waals surface area contributed by atoms with Gasteiger partial charge in [0, 0.05) is 24.1 Å². The lowest BCUT2D eigenvalue weighted by atomic mass is 10.0. The summed E-state index contributed by atoms with van der Waals surface area (Å²) in [6, 6.07) is 6.85. The van der Waals surface area contributed by atoms with Crippen LogP contribution in [-0.4, -0.2) is 23.0 Å². The maximum absolute atomic E-state index is 10.8. The number of nitrogens with zero attached hydrogens (tertiary/aromatic N) is 2. The van der Waals surface area contributed by atoms with E-state index < -0.39 is 0 Å². The van der Waals surface area contributed by atoms with Crippen molar-refractivity contribution in [1.82, 2.24) is 10.3 Å². The van der Waals surface area contributed by atoms with Crippen molar-refractivity contribution >= 4 is 22.2 Å². The van der Waals surface area contributed by atoms with Crippen LogP contribution in [-0.2, 0) is 0 Å². The molecule has 0 aliphatic carbocycles. The molecule has 1 aromatic heterocycles. The molecule has 0 amide bonds. The molecule has 5 heteroatoms. The van der Waals surface area contributed by atoms with Gasteiger partial charge in [-0.3, -0.25) is 10.1 Å². The average molecular weight is 269 g/mol. The van der Waals surface area contributed by atoms with E-state index in [2.05, 4.69) is 16.4 Å². The highest BCUT2D eigenvalue weighted by Crippen LogP contribution is 2.26. The van der Waals surface area contributed by atoms with Crippen LogP contribution in [0.25, 0.3) is 16.5 Å². The fourth-order valence-electron chi connectivity index (χ4n) is 2.52. The standard InChI is InChI=1S/C15H15N3O2/c1-10-8-15(11-4-6-16-7-5-11)17-14-3-2-12(18(19)20)9-13(10)14/h2-4,8-9,16H,5-7H2,1H3. The fourth-order valence-corrected chi connectivity index (χ4v) is 2.52. The number of hydrogen-bond donors (Lipinski definition) is 1. The van der Waals surface area contributed by atoms with E-state index in [1.165, 1.54) is 11.6 Å². The molecule has 1 aromatic carbocycles. The molecule has 3 rings (SSSR count). The normalized spacial score (nSPS) is 15.2. The first-order chi connectivity index (χ1) is 9.65. The van der Waals surface area contributed by atoms with Crippen LogP contribution in [0.3, 0.4) is 0 Å². The summed E-state index contributed by atoms with van der Waals surface area (Å²) in [4.78, 5) is 15.1. The van der Waals surface area contributed by atoms with Crippen LogP contribution in [0.15, 0.2) is 30.3 Å². The number of benzene rings is 1. The zero-order valence-corrected chi connectivity index (χ0v) is 11.2. The predicted molar refractivity (Wildman–Crippen MR) is 78.6 cm³/mol. The molecule has 0 saturated carbocycles. The van der Waals surface area contributed by atoms with Gasteiger partial charge in [0.1, 0.15) is 0 Å². The largest absolute Gasteiger partial charge is 0.313 e. The summed E-state index contributed by atoms with van der Waals surface area (Å²) < 4.78 is 0. The molecule has 20 heavy (non-hydrogen) atoms. The Kier molecular flexibility index (Phi) is 3.20. The van der Waals surface area contributed by atoms with Gasteiger partial charge in [0.05, 0.1) is 16.1 Å². The van der Waals surface area contributed by atoms with E-state index in [4.69, 9.17) is 0 Å². The third kappa shape index (κ3) is 2.28. The van der Waals surface area contributed by atoms with Crippen LogP contribution in [0.1, 0.15) is 17.7 Å². The quantitative estimate of drug-likeness (QED) is 0.672. The molecular weight excluding hydrogens is 254 g/mol. The smallest absolute Gasteiger partial charge is 0.270 e. The highest BCUT2D eigenvalue weighted by molar-refractivity contribution is 5.86. The summed E-state index contributed by atoms with van der Waals surface area (Å²) in [6.45, 7) is 3.80. The summed E-state index contributed by atoms with van der Waals surface area (Å²) in [5, 5.41) is 15.0. The van der Waals surface area contributed by atoms with Crippen LogP contribution in [0.2, 0.25) is 0 Å². The number of fused-ring (bicyclic) bond motifs is 1. The maximum atomic E-state index is 10.8. The van der Waals surface area contributed by atoms with Crippen molar-refractivity contribution in [3.8, 4) is 0 Å². The molecule has 0 saturated heterocycles. The first kappa shape index (κ1) is 12.7. The van der Waals surface area contributed by atoms with Gasteiger partial charge >= 0.3 is 0 Å². The molecule has 1 aliphatic rings. The number of nitro groups is 1. The fraction of sp³-hybridized carbons (Fsp3) is 0.267. The number of nitrogens with one attached hydrogen (secondary N) is 1. The van der Waals surface area contributed by atoms with Gasteiger partial charge in [-0.2, -0.15) is 0 Å². The highest BCUT2D eigenvalue weighted by atomic mass is 16.6. The molecule has 0 atom stereocenters. The van der Waals surface area contributed by atoms with Gasteiger partial charge in [-0.15, -0.1) is 0 Å². The molecule has 1 N–H and O–H groups in total. The monoisotopic (exact) mass is 269 g/mol. The van der Waals surface area contributed by atoms with E-state index in [-0.39, 0.29) is 10.6 Å². The number of rotatable bonds is 2. The highest BCUT2D eigenvalue weighted by Gasteiger charge is 2.12. The summed E-state index contributed by atoms with van der Waals surface area (Å²) >= 11 is 0. The summed E-state index contributed by atoms with van der Waals surface area (Å²) in [5.41, 5.74) is 4.16. The molecule has 2 aromatic rings. The van der Waals surface area contributed by atoms with Crippen LogP contribution >= 0.6 is 0 Å². The van der Waals surface area contributed by atoms with Crippen LogP contribution in [0.5, 0.6) is 0 Å². The molecule has 0 unspecified atom stereocenters. The molecule has 0 bridgehead atoms. The maximum Gasteiger partial charge on any atom is 0.270 e. The third-order valence-corrected chi connectivity index (χ3v) is 3.60. The van der Waals surface area contributed by atoms with Crippen molar-refractivity contribution in [3.05, 3.63) is 51.7 Å². The minimum atomic E-state index is -0.373. The van der Waals surface area contributed by atoms with E-state index >= 15 is 0 Å². The second kappa shape index (κ2) is 5.02. The SMILES string of the molecule is Cc1cc(C2=CCNCC2)nc2ccc([N+](=O)[O-])cc12. The van der Waals surface area contributed by atoms with Gasteiger partial charge in [0.25, 0.3) is 5.69 Å². The topological polar surface area (TPSA) is 68.1 Å². The number of nitro benzene ring substituents is 1. The van der Waals surface area contributed by atoms with Gasteiger partial charge in [-0.1, -0.05) is 6.08 Å². The number of hydrogen-bond acceptors (Lipinski definition) is 4. The minimum Gasteiger partial charge on any atom is -0.313 e. The van der Waals surface area contributed by atoms with Crippen LogP contribution < -0.4 is 5.32 Å². The van der Waals surface area contributed by atoms with Gasteiger partial charge in [-0.25, -0.2) is 4.98 Å². The van der Waals surface area contributed by atoms with E-state index in [0.29, 0.717) is 0 Å². The van der Waals surface area contributed by atoms with Gasteiger partial charge in [-0.05, 0) is 43.2 Å². The number of aromatic nitrogens is 1. The lowest BCUT2D eigenvalue weighted by Crippen LogP contribution is -2.20. The van der Waals surface area contributed by atoms with Crippen molar-refractivity contribution in [2.75, 3.05) is 13.1 Å². The lowest BCUT2D eigenvalue weighted by Gasteiger charge is -2.14. The zero-order chi connectivity index (χ0) is 14.1. The lowest BCUT2D eigenvalue weighted by molar-refractivity contribution is -0.384. The Morgan fingerprint density at radius 1 is 1.35 bits per heavy atom. The Balaban J connectivity index is 2.12. The van der Waals surface area contributed by atoms with E-state index in [1.807, 2.05) is 13.0 Å². The van der Waals surface area contributed by atoms with Gasteiger partial charge in [0.2, 0.25) is 0 Å². The molecular formula is C15H15N3O2. The Bertz CT molecular complexity index is 722. The first-order valence-electron chi connectivity index (χ1n) is 6.61. The van der Waals surface area contributed by atoms with Crippen molar-refractivity contribution in [1.29, 1.82) is 0 Å². The van der Waals surface area contributed by atoms with Crippen molar-refractivity contribution in [2.24, 2.45) is 0 Å². The molecule has 0 radical (unpaired) electrons. The summed E-state index contributed by atoms with van der Waals surface area (Å²) in [7, 11) is 0. The van der Waals surface area contributed by atoms with E-state index in [9.17, 15) is 10.1 Å². The summed E-state index contributed by atoms with van der Waals surface area (Å²) in [6.07, 6.45) is 3.12. The van der Waals surface area contributed by atoms with E-state index in [0.717, 1.165) is 41.7 Å². The Hall–Kier alpha value is -2.27. The van der Waals surface area contributed by atoms with E-state index in [1.54, 1.807) is 12.1 Å². The second-order valence-corrected chi connectivity index (χ2v) is 4.97. The molecule has 1 aliphatic heterocycles. The first-order valence-corrected chi connectivity index (χ1v) is 6.61. The Labute approximate surface area is 116 Å².